The highest BCUT2D eigenvalue weighted by atomic mass is 79.9. The van der Waals surface area contributed by atoms with E-state index in [-0.39, 0.29) is 27.5 Å². The van der Waals surface area contributed by atoms with Gasteiger partial charge in [-0.1, -0.05) is 11.6 Å². The van der Waals surface area contributed by atoms with Crippen LogP contribution in [0.25, 0.3) is 17.4 Å². The maximum atomic E-state index is 13.0. The number of carbonyl (C=O) groups excluding carboxylic acids is 1. The quantitative estimate of drug-likeness (QED) is 0.253. The second-order valence-corrected chi connectivity index (χ2v) is 8.21. The zero-order chi connectivity index (χ0) is 23.9. The van der Waals surface area contributed by atoms with Gasteiger partial charge in [0.15, 0.2) is 0 Å². The Morgan fingerprint density at radius 2 is 2.00 bits per heavy atom. The molecular weight excluding hydrogens is 518 g/mol. The number of carbonyl (C=O) groups is 2. The summed E-state index contributed by atoms with van der Waals surface area (Å²) in [5.41, 5.74) is 1.36. The van der Waals surface area contributed by atoms with Gasteiger partial charge in [-0.15, -0.1) is 0 Å². The molecule has 0 radical (unpaired) electrons. The summed E-state index contributed by atoms with van der Waals surface area (Å²) in [4.78, 5) is 34.8. The van der Waals surface area contributed by atoms with Crippen LogP contribution in [0.1, 0.15) is 23.0 Å². The summed E-state index contributed by atoms with van der Waals surface area (Å²) in [6.45, 7) is 1.65. The van der Waals surface area contributed by atoms with Crippen molar-refractivity contribution in [3.63, 3.8) is 0 Å². The molecule has 1 aliphatic heterocycles. The number of nitro benzene ring substituents is 1. The van der Waals surface area contributed by atoms with E-state index < -0.39 is 16.8 Å². The molecule has 166 valence electrons. The van der Waals surface area contributed by atoms with Gasteiger partial charge in [0, 0.05) is 22.2 Å². The van der Waals surface area contributed by atoms with E-state index in [1.807, 2.05) is 0 Å². The minimum atomic E-state index is -1.22. The average Bonchev–Trinajstić information content (AvgIpc) is 3.34. The Kier molecular flexibility index (Phi) is 5.88. The largest absolute Gasteiger partial charge is 0.478 e. The summed E-state index contributed by atoms with van der Waals surface area (Å²) in [5, 5.41) is 25.6. The molecule has 1 aliphatic rings. The number of halogens is 2. The molecule has 0 bridgehead atoms. The number of rotatable bonds is 5. The van der Waals surface area contributed by atoms with Crippen molar-refractivity contribution < 1.29 is 24.0 Å². The van der Waals surface area contributed by atoms with Crippen LogP contribution in [0.15, 0.2) is 68.1 Å². The molecule has 11 heteroatoms. The highest BCUT2D eigenvalue weighted by Gasteiger charge is 2.30. The molecule has 9 nitrogen and oxygen atoms in total. The molecule has 0 atom stereocenters. The Morgan fingerprint density at radius 3 is 2.67 bits per heavy atom. The maximum absolute atomic E-state index is 13.0. The van der Waals surface area contributed by atoms with Gasteiger partial charge in [0.05, 0.1) is 32.5 Å². The normalized spacial score (nSPS) is 14.6. The van der Waals surface area contributed by atoms with E-state index in [9.17, 15) is 24.8 Å². The second-order valence-electron chi connectivity index (χ2n) is 6.95. The summed E-state index contributed by atoms with van der Waals surface area (Å²) in [6, 6.07) is 11.8. The van der Waals surface area contributed by atoms with E-state index in [4.69, 9.17) is 16.0 Å². The summed E-state index contributed by atoms with van der Waals surface area (Å²) in [5.74, 6) is -0.854. The lowest BCUT2D eigenvalue weighted by molar-refractivity contribution is -0.384. The van der Waals surface area contributed by atoms with E-state index in [1.54, 1.807) is 25.1 Å². The van der Waals surface area contributed by atoms with Crippen molar-refractivity contribution >= 4 is 62.6 Å². The summed E-state index contributed by atoms with van der Waals surface area (Å²) < 4.78 is 6.31. The zero-order valence-corrected chi connectivity index (χ0v) is 19.1. The van der Waals surface area contributed by atoms with Gasteiger partial charge in [0.25, 0.3) is 11.6 Å². The number of hydrogen-bond acceptors (Lipinski definition) is 6. The number of anilines is 1. The van der Waals surface area contributed by atoms with Gasteiger partial charge < -0.3 is 9.52 Å². The van der Waals surface area contributed by atoms with Crippen LogP contribution in [0.3, 0.4) is 0 Å². The van der Waals surface area contributed by atoms with Crippen molar-refractivity contribution in [1.29, 1.82) is 0 Å². The lowest BCUT2D eigenvalue weighted by Gasteiger charge is -2.12. The number of furan rings is 1. The molecule has 33 heavy (non-hydrogen) atoms. The van der Waals surface area contributed by atoms with Gasteiger partial charge in [-0.2, -0.15) is 10.1 Å². The van der Waals surface area contributed by atoms with Crippen molar-refractivity contribution in [3.8, 4) is 11.3 Å². The number of nitro groups is 1. The first-order chi connectivity index (χ1) is 15.7. The van der Waals surface area contributed by atoms with E-state index in [2.05, 4.69) is 21.0 Å². The first kappa shape index (κ1) is 22.4. The van der Waals surface area contributed by atoms with Crippen LogP contribution in [0.4, 0.5) is 11.4 Å². The Bertz CT molecular complexity index is 1390. The Balaban J connectivity index is 1.63. The topological polar surface area (TPSA) is 126 Å². The fourth-order valence-electron chi connectivity index (χ4n) is 3.20. The van der Waals surface area contributed by atoms with Gasteiger partial charge in [0.2, 0.25) is 0 Å². The van der Waals surface area contributed by atoms with Crippen molar-refractivity contribution in [1.82, 2.24) is 0 Å². The highest BCUT2D eigenvalue weighted by Crippen LogP contribution is 2.34. The molecule has 0 saturated heterocycles. The van der Waals surface area contributed by atoms with Crippen molar-refractivity contribution in [2.24, 2.45) is 5.10 Å². The van der Waals surface area contributed by atoms with Crippen LogP contribution in [-0.4, -0.2) is 27.6 Å². The lowest BCUT2D eigenvalue weighted by atomic mass is 10.1. The highest BCUT2D eigenvalue weighted by molar-refractivity contribution is 9.10. The van der Waals surface area contributed by atoms with Crippen molar-refractivity contribution in [2.75, 3.05) is 5.01 Å². The molecule has 1 aromatic heterocycles. The molecule has 2 heterocycles. The van der Waals surface area contributed by atoms with E-state index in [0.29, 0.717) is 27.3 Å². The van der Waals surface area contributed by atoms with Crippen LogP contribution in [0, 0.1) is 10.1 Å². The monoisotopic (exact) mass is 529 g/mol. The molecule has 0 aliphatic carbocycles. The minimum absolute atomic E-state index is 0.0508. The van der Waals surface area contributed by atoms with Gasteiger partial charge in [0.1, 0.15) is 11.5 Å². The number of carboxylic acid groups (broad SMARTS) is 1. The van der Waals surface area contributed by atoms with E-state index in [1.165, 1.54) is 36.4 Å². The number of hydrazone groups is 1. The zero-order valence-electron chi connectivity index (χ0n) is 16.8. The summed E-state index contributed by atoms with van der Waals surface area (Å²) in [6.07, 6.45) is 1.53. The van der Waals surface area contributed by atoms with Gasteiger partial charge in [-0.05, 0) is 65.3 Å². The van der Waals surface area contributed by atoms with Gasteiger partial charge in [-0.3, -0.25) is 14.9 Å². The molecule has 0 saturated carbocycles. The summed E-state index contributed by atoms with van der Waals surface area (Å²) >= 11 is 9.22. The van der Waals surface area contributed by atoms with Crippen LogP contribution >= 0.6 is 27.5 Å². The molecule has 0 unspecified atom stereocenters. The molecular formula is C22H13BrClN3O6. The number of carboxylic acids is 1. The first-order valence-electron chi connectivity index (χ1n) is 9.34. The smallest absolute Gasteiger partial charge is 0.337 e. The van der Waals surface area contributed by atoms with Gasteiger partial charge in [-0.25, -0.2) is 4.79 Å². The third-order valence-corrected chi connectivity index (χ3v) is 5.82. The Morgan fingerprint density at radius 1 is 1.24 bits per heavy atom. The summed E-state index contributed by atoms with van der Waals surface area (Å²) in [7, 11) is 0. The third kappa shape index (κ3) is 4.30. The predicted octanol–water partition coefficient (Wildman–Crippen LogP) is 5.78. The van der Waals surface area contributed by atoms with Gasteiger partial charge >= 0.3 is 5.97 Å². The van der Waals surface area contributed by atoms with Crippen LogP contribution in [0.2, 0.25) is 5.02 Å². The van der Waals surface area contributed by atoms with Crippen LogP contribution in [0.5, 0.6) is 0 Å². The molecule has 1 N–H and O–H groups in total. The SMILES string of the molecule is CC1=NN(c2ccc(Cl)c(C(=O)O)c2)C(=O)/C1=C\c1ccc(-c2ccc([N+](=O)[O-])cc2Br)o1. The maximum Gasteiger partial charge on any atom is 0.337 e. The molecule has 2 aromatic carbocycles. The molecule has 1 amide bonds. The van der Waals surface area contributed by atoms with E-state index >= 15 is 0 Å². The second kappa shape index (κ2) is 8.64. The lowest BCUT2D eigenvalue weighted by Crippen LogP contribution is -2.21. The van der Waals surface area contributed by atoms with E-state index in [0.717, 1.165) is 5.01 Å². The first-order valence-corrected chi connectivity index (χ1v) is 10.5. The predicted molar refractivity (Wildman–Crippen MR) is 125 cm³/mol. The van der Waals surface area contributed by atoms with Crippen LogP contribution < -0.4 is 5.01 Å². The van der Waals surface area contributed by atoms with Crippen molar-refractivity contribution in [2.45, 2.75) is 6.92 Å². The fraction of sp³-hybridized carbons (Fsp3) is 0.0455. The Hall–Kier alpha value is -3.76. The molecule has 0 spiro atoms. The number of amides is 1. The van der Waals surface area contributed by atoms with Crippen molar-refractivity contribution in [3.05, 3.63) is 85.0 Å². The Labute approximate surface area is 199 Å². The standard InChI is InChI=1S/C22H13BrClN3O6/c1-11-16(21(28)26(25-11)12-3-6-19(24)17(8-12)22(29)30)10-14-4-7-20(33-14)15-5-2-13(27(31)32)9-18(15)23/h2-10H,1H3,(H,29,30)/b16-10-. The fourth-order valence-corrected chi connectivity index (χ4v) is 3.96. The number of aromatic carboxylic acids is 1. The number of non-ortho nitro benzene ring substituents is 1. The number of nitrogens with zero attached hydrogens (tertiary/aromatic N) is 3. The average molecular weight is 531 g/mol. The van der Waals surface area contributed by atoms with Crippen LogP contribution in [-0.2, 0) is 4.79 Å². The number of hydrogen-bond donors (Lipinski definition) is 1. The molecule has 4 rings (SSSR count). The third-order valence-electron chi connectivity index (χ3n) is 4.83. The molecule has 0 fully saturated rings. The minimum Gasteiger partial charge on any atom is -0.478 e. The molecule has 3 aromatic rings. The number of benzene rings is 2.